The third-order valence-corrected chi connectivity index (χ3v) is 12.1. The summed E-state index contributed by atoms with van der Waals surface area (Å²) in [6, 6.07) is 3.46. The predicted molar refractivity (Wildman–Crippen MR) is 179 cm³/mol. The van der Waals surface area contributed by atoms with Crippen LogP contribution < -0.4 is 27.0 Å². The molecule has 2 aromatic carbocycles. The number of carbonyl (C=O) groups excluding carboxylic acids is 4. The topological polar surface area (TPSA) is 200 Å². The van der Waals surface area contributed by atoms with E-state index in [1.54, 1.807) is 53.7 Å². The summed E-state index contributed by atoms with van der Waals surface area (Å²) < 4.78 is 11.3. The SMILES string of the molecule is Cc1cc(O)cc(C)c1CC(N)C(=O)NC1C(=O)NCC(=O)NC(Cc2ccc(F)cc2)C(=O)NC(C(=O)O)C(C)(C)SSC1(C)C. The molecule has 1 aliphatic rings. The van der Waals surface area contributed by atoms with Crippen LogP contribution in [0.2, 0.25) is 0 Å². The number of hydrogen-bond donors (Lipinski definition) is 7. The monoisotopic (exact) mass is 691 g/mol. The lowest BCUT2D eigenvalue weighted by Crippen LogP contribution is -2.61. The molecule has 256 valence electrons. The second-order valence-corrected chi connectivity index (χ2v) is 16.1. The van der Waals surface area contributed by atoms with Crippen molar-refractivity contribution in [3.8, 4) is 5.75 Å². The van der Waals surface area contributed by atoms with Gasteiger partial charge in [0, 0.05) is 11.2 Å². The highest BCUT2D eigenvalue weighted by Gasteiger charge is 2.44. The van der Waals surface area contributed by atoms with E-state index < -0.39 is 75.6 Å². The van der Waals surface area contributed by atoms with Gasteiger partial charge in [-0.15, -0.1) is 0 Å². The Balaban J connectivity index is 1.91. The van der Waals surface area contributed by atoms with Crippen LogP contribution in [0.15, 0.2) is 36.4 Å². The average Bonchev–Trinajstić information content (AvgIpc) is 2.97. The van der Waals surface area contributed by atoms with Crippen molar-refractivity contribution < 1.29 is 38.6 Å². The maximum atomic E-state index is 13.6. The van der Waals surface area contributed by atoms with Gasteiger partial charge in [0.05, 0.1) is 17.3 Å². The molecule has 12 nitrogen and oxygen atoms in total. The summed E-state index contributed by atoms with van der Waals surface area (Å²) in [6.45, 7) is 9.62. The molecule has 1 saturated heterocycles. The molecule has 0 bridgehead atoms. The molecule has 15 heteroatoms. The average molecular weight is 692 g/mol. The van der Waals surface area contributed by atoms with Crippen molar-refractivity contribution in [1.29, 1.82) is 0 Å². The first-order valence-electron chi connectivity index (χ1n) is 14.9. The van der Waals surface area contributed by atoms with Crippen LogP contribution in [0.25, 0.3) is 0 Å². The number of halogens is 1. The maximum Gasteiger partial charge on any atom is 0.327 e. The normalized spacial score (nSPS) is 22.6. The van der Waals surface area contributed by atoms with Gasteiger partial charge in [0.1, 0.15) is 29.7 Å². The Morgan fingerprint density at radius 3 is 2.15 bits per heavy atom. The highest BCUT2D eigenvalue weighted by molar-refractivity contribution is 8.77. The molecule has 0 saturated carbocycles. The lowest BCUT2D eigenvalue weighted by atomic mass is 9.95. The number of nitrogens with one attached hydrogen (secondary N) is 4. The number of aliphatic carboxylic acids is 1. The molecule has 3 rings (SSSR count). The largest absolute Gasteiger partial charge is 0.508 e. The van der Waals surface area contributed by atoms with Crippen molar-refractivity contribution in [3.63, 3.8) is 0 Å². The molecule has 0 aromatic heterocycles. The van der Waals surface area contributed by atoms with Crippen LogP contribution in [0, 0.1) is 19.7 Å². The molecule has 1 fully saturated rings. The summed E-state index contributed by atoms with van der Waals surface area (Å²) >= 11 is 0. The first-order chi connectivity index (χ1) is 21.8. The minimum absolute atomic E-state index is 0.0793. The van der Waals surface area contributed by atoms with Crippen LogP contribution in [-0.2, 0) is 36.8 Å². The molecule has 0 spiro atoms. The van der Waals surface area contributed by atoms with Crippen molar-refractivity contribution in [3.05, 3.63) is 64.5 Å². The fraction of sp³-hybridized carbons (Fsp3) is 0.469. The summed E-state index contributed by atoms with van der Waals surface area (Å²) in [4.78, 5) is 65.8. The predicted octanol–water partition coefficient (Wildman–Crippen LogP) is 1.87. The number of carbonyl (C=O) groups is 5. The third kappa shape index (κ3) is 10.1. The van der Waals surface area contributed by atoms with Gasteiger partial charge in [-0.05, 0) is 94.5 Å². The van der Waals surface area contributed by atoms with E-state index in [0.717, 1.165) is 38.3 Å². The number of benzene rings is 2. The molecule has 8 N–H and O–H groups in total. The summed E-state index contributed by atoms with van der Waals surface area (Å²) in [5, 5.41) is 30.3. The number of aromatic hydroxyl groups is 1. The molecule has 1 aliphatic heterocycles. The molecule has 47 heavy (non-hydrogen) atoms. The Morgan fingerprint density at radius 1 is 1.00 bits per heavy atom. The quantitative estimate of drug-likeness (QED) is 0.210. The number of nitrogens with two attached hydrogens (primary N) is 1. The van der Waals surface area contributed by atoms with E-state index in [1.165, 1.54) is 24.3 Å². The Bertz CT molecular complexity index is 1500. The Morgan fingerprint density at radius 2 is 1.57 bits per heavy atom. The van der Waals surface area contributed by atoms with Crippen molar-refractivity contribution in [2.24, 2.45) is 5.73 Å². The number of phenols is 1. The van der Waals surface area contributed by atoms with Crippen LogP contribution in [0.1, 0.15) is 49.9 Å². The minimum atomic E-state index is -1.43. The van der Waals surface area contributed by atoms with Gasteiger partial charge in [0.25, 0.3) is 0 Å². The summed E-state index contributed by atoms with van der Waals surface area (Å²) in [6.07, 6.45) is 0.0509. The van der Waals surface area contributed by atoms with E-state index in [1.807, 2.05) is 0 Å². The Kier molecular flexibility index (Phi) is 12.3. The molecular formula is C32H42FN5O7S2. The van der Waals surface area contributed by atoms with E-state index in [0.29, 0.717) is 5.56 Å². The summed E-state index contributed by atoms with van der Waals surface area (Å²) in [5.41, 5.74) is 9.08. The first-order valence-corrected chi connectivity index (χ1v) is 17.0. The van der Waals surface area contributed by atoms with Gasteiger partial charge in [-0.3, -0.25) is 19.2 Å². The third-order valence-electron chi connectivity index (χ3n) is 7.81. The molecular weight excluding hydrogens is 650 g/mol. The molecule has 0 radical (unpaired) electrons. The Hall–Kier alpha value is -3.82. The lowest BCUT2D eigenvalue weighted by molar-refractivity contribution is -0.143. The van der Waals surface area contributed by atoms with Crippen LogP contribution in [0.5, 0.6) is 5.75 Å². The summed E-state index contributed by atoms with van der Waals surface area (Å²) in [7, 11) is 2.25. The number of hydrogen-bond acceptors (Lipinski definition) is 9. The number of amides is 4. The van der Waals surface area contributed by atoms with Gasteiger partial charge >= 0.3 is 5.97 Å². The number of carboxylic acid groups (broad SMARTS) is 1. The molecule has 2 aromatic rings. The van der Waals surface area contributed by atoms with Crippen molar-refractivity contribution in [2.45, 2.75) is 88.0 Å². The van der Waals surface area contributed by atoms with Gasteiger partial charge in [0.2, 0.25) is 23.6 Å². The molecule has 0 aliphatic carbocycles. The first kappa shape index (κ1) is 37.6. The van der Waals surface area contributed by atoms with Crippen LogP contribution in [0.3, 0.4) is 0 Å². The number of rotatable bonds is 7. The molecule has 4 atom stereocenters. The van der Waals surface area contributed by atoms with Crippen LogP contribution in [-0.4, -0.2) is 80.0 Å². The van der Waals surface area contributed by atoms with Gasteiger partial charge in [-0.25, -0.2) is 9.18 Å². The van der Waals surface area contributed by atoms with Crippen LogP contribution in [0.4, 0.5) is 4.39 Å². The maximum absolute atomic E-state index is 13.6. The van der Waals surface area contributed by atoms with Crippen molar-refractivity contribution >= 4 is 51.2 Å². The van der Waals surface area contributed by atoms with Gasteiger partial charge in [-0.2, -0.15) is 0 Å². The molecule has 4 unspecified atom stereocenters. The summed E-state index contributed by atoms with van der Waals surface area (Å²) in [5.74, 6) is -4.56. The Labute approximate surface area is 281 Å². The van der Waals surface area contributed by atoms with E-state index in [-0.39, 0.29) is 18.6 Å². The highest BCUT2D eigenvalue weighted by atomic mass is 33.1. The van der Waals surface area contributed by atoms with Crippen molar-refractivity contribution in [2.75, 3.05) is 6.54 Å². The minimum Gasteiger partial charge on any atom is -0.508 e. The zero-order valence-electron chi connectivity index (χ0n) is 27.1. The fourth-order valence-electron chi connectivity index (χ4n) is 5.08. The lowest BCUT2D eigenvalue weighted by Gasteiger charge is -2.38. The van der Waals surface area contributed by atoms with Crippen molar-refractivity contribution in [1.82, 2.24) is 21.3 Å². The standard InChI is InChI=1S/C32H42FN5O7S2/c1-16-11-20(39)12-17(2)21(16)14-22(34)27(41)37-25-29(43)35-15-24(40)36-23(13-18-7-9-19(33)10-8-18)28(42)38-26(30(44)45)32(5,6)47-46-31(25,3)4/h7-12,22-23,25-26,39H,13-15,34H2,1-6H3,(H,35,43)(H,36,40)(H,37,41)(H,38,42)(H,44,45). The van der Waals surface area contributed by atoms with E-state index in [9.17, 15) is 38.6 Å². The second-order valence-electron chi connectivity index (χ2n) is 12.6. The van der Waals surface area contributed by atoms with E-state index >= 15 is 0 Å². The van der Waals surface area contributed by atoms with Gasteiger partial charge in [0.15, 0.2) is 0 Å². The van der Waals surface area contributed by atoms with E-state index in [4.69, 9.17) is 5.73 Å². The van der Waals surface area contributed by atoms with Crippen LogP contribution >= 0.6 is 21.6 Å². The molecule has 4 amide bonds. The van der Waals surface area contributed by atoms with Gasteiger partial charge in [-0.1, -0.05) is 33.7 Å². The zero-order valence-corrected chi connectivity index (χ0v) is 28.7. The number of aryl methyl sites for hydroxylation is 2. The fourth-order valence-corrected chi connectivity index (χ4v) is 7.89. The molecule has 1 heterocycles. The zero-order chi connectivity index (χ0) is 35.3. The van der Waals surface area contributed by atoms with Gasteiger partial charge < -0.3 is 37.2 Å². The number of phenolic OH excluding ortho intramolecular Hbond substituents is 1. The second kappa shape index (κ2) is 15.4. The highest BCUT2D eigenvalue weighted by Crippen LogP contribution is 2.46. The van der Waals surface area contributed by atoms with E-state index in [2.05, 4.69) is 21.3 Å². The smallest absolute Gasteiger partial charge is 0.327 e. The number of carboxylic acids is 1.